The number of H-pyrrole nitrogens is 1. The van der Waals surface area contributed by atoms with Crippen molar-refractivity contribution in [1.82, 2.24) is 9.88 Å². The lowest BCUT2D eigenvalue weighted by atomic mass is 10.1. The molecule has 0 aliphatic carbocycles. The Balaban J connectivity index is 1.55. The molecule has 6 nitrogen and oxygen atoms in total. The van der Waals surface area contributed by atoms with Gasteiger partial charge >= 0.3 is 0 Å². The summed E-state index contributed by atoms with van der Waals surface area (Å²) >= 11 is 0. The normalized spacial score (nSPS) is 23.9. The van der Waals surface area contributed by atoms with Gasteiger partial charge in [0, 0.05) is 37.3 Å². The van der Waals surface area contributed by atoms with E-state index >= 15 is 0 Å². The van der Waals surface area contributed by atoms with Crippen LogP contribution in [0.2, 0.25) is 0 Å². The lowest BCUT2D eigenvalue weighted by Gasteiger charge is -2.31. The minimum Gasteiger partial charge on any atom is -0.491 e. The Kier molecular flexibility index (Phi) is 7.25. The highest BCUT2D eigenvalue weighted by atomic mass is 16.5. The van der Waals surface area contributed by atoms with Gasteiger partial charge in [-0.15, -0.1) is 0 Å². The molecule has 2 heterocycles. The van der Waals surface area contributed by atoms with Crippen LogP contribution in [0.3, 0.4) is 0 Å². The molecule has 0 spiro atoms. The number of aliphatic hydroxyl groups is 2. The number of benzene rings is 2. The van der Waals surface area contributed by atoms with Crippen molar-refractivity contribution in [3.05, 3.63) is 65.9 Å². The Hall–Kier alpha value is -2.38. The van der Waals surface area contributed by atoms with Gasteiger partial charge in [0.05, 0.1) is 6.10 Å². The van der Waals surface area contributed by atoms with Gasteiger partial charge in [-0.2, -0.15) is 0 Å². The second-order valence-corrected chi connectivity index (χ2v) is 8.30. The molecule has 31 heavy (non-hydrogen) atoms. The number of nitrogens with one attached hydrogen (secondary N) is 1. The Morgan fingerprint density at radius 1 is 1.10 bits per heavy atom. The molecule has 4 rings (SSSR count). The van der Waals surface area contributed by atoms with Crippen LogP contribution < -0.4 is 4.74 Å². The predicted octanol–water partition coefficient (Wildman–Crippen LogP) is 3.12. The average Bonchev–Trinajstić information content (AvgIpc) is 3.28. The van der Waals surface area contributed by atoms with Gasteiger partial charge in [0.1, 0.15) is 24.6 Å². The van der Waals surface area contributed by atoms with Crippen molar-refractivity contribution in [2.24, 2.45) is 0 Å². The SMILES string of the molecule is CO[C@H]1CN(Cc2cccc3[nH]ccc23)CCCCc2ccccc2OC[C@@H](O)[C@H]1O. The molecule has 3 aromatic rings. The summed E-state index contributed by atoms with van der Waals surface area (Å²) in [5, 5.41) is 22.6. The molecule has 2 aromatic carbocycles. The maximum Gasteiger partial charge on any atom is 0.122 e. The molecule has 1 aliphatic heterocycles. The lowest BCUT2D eigenvalue weighted by Crippen LogP contribution is -2.47. The second kappa shape index (κ2) is 10.3. The van der Waals surface area contributed by atoms with Crippen molar-refractivity contribution in [1.29, 1.82) is 0 Å². The summed E-state index contributed by atoms with van der Waals surface area (Å²) in [6.07, 6.45) is 2.35. The average molecular weight is 425 g/mol. The molecule has 0 radical (unpaired) electrons. The number of aromatic amines is 1. The summed E-state index contributed by atoms with van der Waals surface area (Å²) in [7, 11) is 1.58. The number of nitrogens with zero attached hydrogens (tertiary/aromatic N) is 1. The first-order chi connectivity index (χ1) is 15.2. The smallest absolute Gasteiger partial charge is 0.122 e. The molecule has 1 aliphatic rings. The fourth-order valence-electron chi connectivity index (χ4n) is 4.36. The molecular formula is C25H32N2O4. The molecule has 0 unspecified atom stereocenters. The number of aromatic nitrogens is 1. The number of fused-ring (bicyclic) bond motifs is 2. The van der Waals surface area contributed by atoms with Crippen LogP contribution in [-0.2, 0) is 17.7 Å². The van der Waals surface area contributed by atoms with E-state index in [1.807, 2.05) is 24.4 Å². The van der Waals surface area contributed by atoms with E-state index in [1.54, 1.807) is 7.11 Å². The number of hydrogen-bond donors (Lipinski definition) is 3. The standard InChI is InChI=1S/C25H32N2O4/c1-30-24-16-27(15-19-9-6-10-21-20(19)12-13-26-21)14-5-4-8-18-7-2-3-11-23(18)31-17-22(28)25(24)29/h2-3,6-7,9-13,22,24-26,28-29H,4-5,8,14-17H2,1H3/t22-,24+,25-/m1/s1. The highest BCUT2D eigenvalue weighted by Gasteiger charge is 2.29. The van der Waals surface area contributed by atoms with Gasteiger partial charge in [-0.1, -0.05) is 30.3 Å². The van der Waals surface area contributed by atoms with Gasteiger partial charge in [-0.25, -0.2) is 0 Å². The summed E-state index contributed by atoms with van der Waals surface area (Å²) in [5.41, 5.74) is 3.49. The Morgan fingerprint density at radius 3 is 2.84 bits per heavy atom. The molecule has 1 aromatic heterocycles. The van der Waals surface area contributed by atoms with Crippen molar-refractivity contribution in [3.63, 3.8) is 0 Å². The van der Waals surface area contributed by atoms with E-state index in [4.69, 9.17) is 9.47 Å². The van der Waals surface area contributed by atoms with Crippen LogP contribution in [0.1, 0.15) is 24.0 Å². The molecule has 0 fully saturated rings. The van der Waals surface area contributed by atoms with Crippen molar-refractivity contribution in [3.8, 4) is 5.75 Å². The zero-order valence-corrected chi connectivity index (χ0v) is 18.0. The second-order valence-electron chi connectivity index (χ2n) is 8.30. The number of hydrogen-bond acceptors (Lipinski definition) is 5. The topological polar surface area (TPSA) is 78.0 Å². The molecule has 3 atom stereocenters. The molecule has 0 saturated carbocycles. The zero-order chi connectivity index (χ0) is 21.6. The monoisotopic (exact) mass is 424 g/mol. The summed E-state index contributed by atoms with van der Waals surface area (Å²) in [6, 6.07) is 16.3. The first-order valence-corrected chi connectivity index (χ1v) is 11.0. The van der Waals surface area contributed by atoms with Crippen LogP contribution in [0, 0.1) is 0 Å². The van der Waals surface area contributed by atoms with E-state index in [1.165, 1.54) is 10.9 Å². The van der Waals surface area contributed by atoms with E-state index in [0.29, 0.717) is 6.54 Å². The summed E-state index contributed by atoms with van der Waals surface area (Å²) in [5.74, 6) is 0.776. The van der Waals surface area contributed by atoms with Crippen molar-refractivity contribution in [2.75, 3.05) is 26.8 Å². The minimum absolute atomic E-state index is 0.0285. The van der Waals surface area contributed by atoms with Gasteiger partial charge in [0.2, 0.25) is 0 Å². The quantitative estimate of drug-likeness (QED) is 0.602. The van der Waals surface area contributed by atoms with Crippen LogP contribution in [-0.4, -0.2) is 65.2 Å². The van der Waals surface area contributed by atoms with Gasteiger partial charge in [0.25, 0.3) is 0 Å². The van der Waals surface area contributed by atoms with Crippen LogP contribution in [0.4, 0.5) is 0 Å². The van der Waals surface area contributed by atoms with Crippen molar-refractivity contribution < 1.29 is 19.7 Å². The van der Waals surface area contributed by atoms with Crippen molar-refractivity contribution in [2.45, 2.75) is 44.1 Å². The molecule has 0 saturated heterocycles. The van der Waals surface area contributed by atoms with Crippen LogP contribution in [0.15, 0.2) is 54.7 Å². The first kappa shape index (κ1) is 21.8. The number of aryl methyl sites for hydroxylation is 1. The third-order valence-electron chi connectivity index (χ3n) is 6.15. The molecule has 0 amide bonds. The molecule has 3 N–H and O–H groups in total. The highest BCUT2D eigenvalue weighted by molar-refractivity contribution is 5.82. The summed E-state index contributed by atoms with van der Waals surface area (Å²) in [4.78, 5) is 5.59. The third-order valence-corrected chi connectivity index (χ3v) is 6.15. The number of ether oxygens (including phenoxy) is 2. The van der Waals surface area contributed by atoms with Gasteiger partial charge in [0.15, 0.2) is 0 Å². The van der Waals surface area contributed by atoms with Gasteiger partial charge in [-0.3, -0.25) is 4.90 Å². The zero-order valence-electron chi connectivity index (χ0n) is 18.0. The van der Waals surface area contributed by atoms with Gasteiger partial charge < -0.3 is 24.7 Å². The number of methoxy groups -OCH3 is 1. The lowest BCUT2D eigenvalue weighted by molar-refractivity contribution is -0.0955. The van der Waals surface area contributed by atoms with Gasteiger partial charge in [-0.05, 0) is 55.1 Å². The van der Waals surface area contributed by atoms with E-state index < -0.39 is 18.3 Å². The molecule has 166 valence electrons. The van der Waals surface area contributed by atoms with Crippen LogP contribution in [0.25, 0.3) is 10.9 Å². The number of aliphatic hydroxyl groups excluding tert-OH is 2. The van der Waals surface area contributed by atoms with Crippen molar-refractivity contribution >= 4 is 10.9 Å². The maximum absolute atomic E-state index is 10.8. The predicted molar refractivity (Wildman–Crippen MR) is 121 cm³/mol. The Labute approximate surface area is 183 Å². The Bertz CT molecular complexity index is 973. The molecule has 0 bridgehead atoms. The number of rotatable bonds is 3. The van der Waals surface area contributed by atoms with E-state index in [0.717, 1.165) is 49.2 Å². The van der Waals surface area contributed by atoms with E-state index in [-0.39, 0.29) is 6.61 Å². The van der Waals surface area contributed by atoms with E-state index in [9.17, 15) is 10.2 Å². The van der Waals surface area contributed by atoms with Crippen LogP contribution >= 0.6 is 0 Å². The fraction of sp³-hybridized carbons (Fsp3) is 0.440. The maximum atomic E-state index is 10.8. The fourth-order valence-corrected chi connectivity index (χ4v) is 4.36. The number of para-hydroxylation sites is 1. The largest absolute Gasteiger partial charge is 0.491 e. The molecular weight excluding hydrogens is 392 g/mol. The summed E-state index contributed by atoms with van der Waals surface area (Å²) in [6.45, 7) is 2.20. The van der Waals surface area contributed by atoms with E-state index in [2.05, 4.69) is 40.2 Å². The summed E-state index contributed by atoms with van der Waals surface area (Å²) < 4.78 is 11.5. The minimum atomic E-state index is -1.04. The highest BCUT2D eigenvalue weighted by Crippen LogP contribution is 2.23. The first-order valence-electron chi connectivity index (χ1n) is 11.0. The Morgan fingerprint density at radius 2 is 1.97 bits per heavy atom. The molecule has 6 heteroatoms. The third kappa shape index (κ3) is 5.28. The van der Waals surface area contributed by atoms with Crippen LogP contribution in [0.5, 0.6) is 5.75 Å².